The highest BCUT2D eigenvalue weighted by Crippen LogP contribution is 2.76. The molecule has 44 heavy (non-hydrogen) atoms. The second-order valence-corrected chi connectivity index (χ2v) is 17.8. The van der Waals surface area contributed by atoms with Crippen molar-refractivity contribution < 1.29 is 37.7 Å². The van der Waals surface area contributed by atoms with Gasteiger partial charge >= 0.3 is 12.5 Å². The standard InChI is InChI=1S/C33H49F3N2O5S/c1-27(2)20-10-13-30(6)21(29(20,5)16-19-24(27)37-25(44-19)38-26(40)43-33(34,35)36)15-18(39)23-17(9-12-31(23,30)7)32(8)14-11-22(42-32)28(3,4)41/h17-18,20-23,39,41H,9-16H2,1-8H3,(H,37,38,40)/t17?,18-,20+,21-,22-,23+,29+,30-,31-,32+/m1/s1. The van der Waals surface area contributed by atoms with Crippen molar-refractivity contribution in [2.24, 2.45) is 39.9 Å². The number of carbonyl (C=O) groups is 1. The molecule has 7 nitrogen and oxygen atoms in total. The number of fused-ring (bicyclic) bond motifs is 6. The molecular formula is C33H49F3N2O5S. The molecule has 1 aromatic heterocycles. The lowest BCUT2D eigenvalue weighted by Gasteiger charge is -2.69. The van der Waals surface area contributed by atoms with Crippen LogP contribution in [0.4, 0.5) is 23.1 Å². The molecule has 2 heterocycles. The Kier molecular flexibility index (Phi) is 7.24. The Bertz CT molecular complexity index is 1330. The van der Waals surface area contributed by atoms with Crippen LogP contribution in [0.1, 0.15) is 111 Å². The number of amides is 1. The summed E-state index contributed by atoms with van der Waals surface area (Å²) < 4.78 is 48.1. The van der Waals surface area contributed by atoms with Gasteiger partial charge in [0.25, 0.3) is 0 Å². The number of ether oxygens (including phenoxy) is 2. The van der Waals surface area contributed by atoms with Crippen molar-refractivity contribution in [2.45, 2.75) is 142 Å². The molecule has 3 N–H and O–H groups in total. The fraction of sp³-hybridized carbons (Fsp3) is 0.879. The molecule has 0 bridgehead atoms. The first-order chi connectivity index (χ1) is 20.1. The predicted molar refractivity (Wildman–Crippen MR) is 161 cm³/mol. The van der Waals surface area contributed by atoms with Crippen molar-refractivity contribution in [3.05, 3.63) is 10.6 Å². The average Bonchev–Trinajstić information content (AvgIpc) is 3.56. The van der Waals surface area contributed by atoms with Gasteiger partial charge in [0, 0.05) is 10.3 Å². The van der Waals surface area contributed by atoms with Gasteiger partial charge in [-0.3, -0.25) is 5.32 Å². The molecule has 1 aromatic rings. The lowest BCUT2D eigenvalue weighted by molar-refractivity contribution is -0.289. The van der Waals surface area contributed by atoms with E-state index in [4.69, 9.17) is 4.74 Å². The molecule has 3 saturated carbocycles. The van der Waals surface area contributed by atoms with Crippen molar-refractivity contribution in [1.29, 1.82) is 0 Å². The highest BCUT2D eigenvalue weighted by molar-refractivity contribution is 7.15. The van der Waals surface area contributed by atoms with Gasteiger partial charge in [0.05, 0.1) is 29.1 Å². The topological polar surface area (TPSA) is 101 Å². The van der Waals surface area contributed by atoms with Gasteiger partial charge in [0.1, 0.15) is 0 Å². The minimum atomic E-state index is -5.07. The van der Waals surface area contributed by atoms with Crippen LogP contribution in [0.25, 0.3) is 0 Å². The molecule has 0 radical (unpaired) electrons. The second kappa shape index (κ2) is 9.80. The number of aliphatic hydroxyl groups is 2. The van der Waals surface area contributed by atoms with Crippen molar-refractivity contribution in [1.82, 2.24) is 4.98 Å². The SMILES string of the molecule is CC(C)(O)[C@H]1CC[C@@](C)(C2CC[C@]3(C)[C@@H]2[C@H](O)C[C@@H]2[C@@]4(C)Cc5sc(NC(=O)OC(F)(F)F)nc5C(C)(C)[C@@H]4CC[C@]23C)O1. The van der Waals surface area contributed by atoms with Crippen molar-refractivity contribution >= 4 is 22.6 Å². The van der Waals surface area contributed by atoms with Crippen molar-refractivity contribution in [2.75, 3.05) is 5.32 Å². The van der Waals surface area contributed by atoms with E-state index in [1.165, 1.54) is 11.3 Å². The zero-order valence-corrected chi connectivity index (χ0v) is 28.0. The fourth-order valence-corrected chi connectivity index (χ4v) is 12.9. The molecule has 4 aliphatic carbocycles. The van der Waals surface area contributed by atoms with E-state index in [2.05, 4.69) is 56.6 Å². The zero-order chi connectivity index (χ0) is 32.5. The van der Waals surface area contributed by atoms with Crippen LogP contribution in [0.5, 0.6) is 0 Å². The molecule has 248 valence electrons. The summed E-state index contributed by atoms with van der Waals surface area (Å²) in [6.07, 6.45) is -0.246. The highest BCUT2D eigenvalue weighted by Gasteiger charge is 2.72. The molecule has 11 heteroatoms. The number of rotatable bonds is 3. The lowest BCUT2D eigenvalue weighted by atomic mass is 9.35. The average molecular weight is 643 g/mol. The summed E-state index contributed by atoms with van der Waals surface area (Å²) in [5.41, 5.74) is -1.13. The number of alkyl halides is 3. The third-order valence-corrected chi connectivity index (χ3v) is 14.6. The second-order valence-electron chi connectivity index (χ2n) is 16.7. The normalized spacial score (nSPS) is 44.8. The number of thiazole rings is 1. The first-order valence-corrected chi connectivity index (χ1v) is 17.0. The van der Waals surface area contributed by atoms with E-state index in [1.54, 1.807) is 0 Å². The fourth-order valence-electron chi connectivity index (χ4n) is 11.6. The predicted octanol–water partition coefficient (Wildman–Crippen LogP) is 7.59. The van der Waals surface area contributed by atoms with E-state index in [0.717, 1.165) is 49.1 Å². The number of aromatic nitrogens is 1. The van der Waals surface area contributed by atoms with Gasteiger partial charge in [-0.1, -0.05) is 34.6 Å². The van der Waals surface area contributed by atoms with E-state index in [0.29, 0.717) is 12.8 Å². The summed E-state index contributed by atoms with van der Waals surface area (Å²) >= 11 is 1.23. The van der Waals surface area contributed by atoms with E-state index in [1.807, 2.05) is 13.8 Å². The third kappa shape index (κ3) is 4.67. The lowest BCUT2D eigenvalue weighted by Crippen LogP contribution is -2.66. The monoisotopic (exact) mass is 642 g/mol. The smallest absolute Gasteiger partial charge is 0.393 e. The Hall–Kier alpha value is -1.43. The molecule has 1 amide bonds. The number of carbonyl (C=O) groups excluding carboxylic acids is 1. The van der Waals surface area contributed by atoms with Crippen molar-refractivity contribution in [3.63, 3.8) is 0 Å². The van der Waals surface area contributed by atoms with Crippen LogP contribution in [0.15, 0.2) is 0 Å². The molecular weight excluding hydrogens is 593 g/mol. The van der Waals surface area contributed by atoms with E-state index in [-0.39, 0.29) is 62.2 Å². The van der Waals surface area contributed by atoms with Crippen LogP contribution in [0, 0.1) is 39.9 Å². The van der Waals surface area contributed by atoms with Crippen molar-refractivity contribution in [3.8, 4) is 0 Å². The molecule has 0 aromatic carbocycles. The summed E-state index contributed by atoms with van der Waals surface area (Å²) in [6.45, 7) is 17.4. The van der Waals surface area contributed by atoms with E-state index < -0.39 is 24.2 Å². The van der Waals surface area contributed by atoms with Gasteiger partial charge in [-0.05, 0) is 112 Å². The molecule has 4 fully saturated rings. The Balaban J connectivity index is 1.31. The minimum Gasteiger partial charge on any atom is -0.393 e. The van der Waals surface area contributed by atoms with Crippen LogP contribution in [0.3, 0.4) is 0 Å². The maximum absolute atomic E-state index is 12.6. The number of anilines is 1. The first kappa shape index (κ1) is 32.5. The van der Waals surface area contributed by atoms with Crippen LogP contribution in [-0.4, -0.2) is 51.1 Å². The Morgan fingerprint density at radius 2 is 1.68 bits per heavy atom. The van der Waals surface area contributed by atoms with Crippen LogP contribution >= 0.6 is 11.3 Å². The summed E-state index contributed by atoms with van der Waals surface area (Å²) in [6, 6.07) is 0. The largest absolute Gasteiger partial charge is 0.576 e. The third-order valence-electron chi connectivity index (χ3n) is 13.7. The minimum absolute atomic E-state index is 0.0304. The summed E-state index contributed by atoms with van der Waals surface area (Å²) in [7, 11) is 0. The molecule has 1 aliphatic heterocycles. The summed E-state index contributed by atoms with van der Waals surface area (Å²) in [5.74, 6) is 0.788. The quantitative estimate of drug-likeness (QED) is 0.314. The molecule has 1 saturated heterocycles. The van der Waals surface area contributed by atoms with Crippen LogP contribution < -0.4 is 5.32 Å². The van der Waals surface area contributed by atoms with Gasteiger partial charge < -0.3 is 19.7 Å². The van der Waals surface area contributed by atoms with Crippen LogP contribution in [-0.2, 0) is 21.3 Å². The zero-order valence-electron chi connectivity index (χ0n) is 27.2. The van der Waals surface area contributed by atoms with Gasteiger partial charge in [0.2, 0.25) is 0 Å². The number of hydrogen-bond donors (Lipinski definition) is 3. The van der Waals surface area contributed by atoms with E-state index in [9.17, 15) is 28.2 Å². The Labute approximate surface area is 262 Å². The number of nitrogens with zero attached hydrogens (tertiary/aromatic N) is 1. The Morgan fingerprint density at radius 3 is 2.30 bits per heavy atom. The van der Waals surface area contributed by atoms with Gasteiger partial charge in [-0.15, -0.1) is 24.5 Å². The number of hydrogen-bond acceptors (Lipinski definition) is 7. The first-order valence-electron chi connectivity index (χ1n) is 16.2. The number of aliphatic hydroxyl groups excluding tert-OH is 1. The Morgan fingerprint density at radius 1 is 1.02 bits per heavy atom. The van der Waals surface area contributed by atoms with Gasteiger partial charge in [-0.2, -0.15) is 0 Å². The van der Waals surface area contributed by atoms with Gasteiger partial charge in [0.15, 0.2) is 5.13 Å². The maximum Gasteiger partial charge on any atom is 0.576 e. The number of halogens is 3. The summed E-state index contributed by atoms with van der Waals surface area (Å²) in [4.78, 5) is 17.5. The molecule has 0 spiro atoms. The molecule has 6 rings (SSSR count). The maximum atomic E-state index is 12.6. The highest BCUT2D eigenvalue weighted by atomic mass is 32.1. The van der Waals surface area contributed by atoms with Gasteiger partial charge in [-0.25, -0.2) is 9.78 Å². The molecule has 10 atom stereocenters. The van der Waals surface area contributed by atoms with E-state index >= 15 is 0 Å². The number of nitrogens with one attached hydrogen (secondary N) is 1. The summed E-state index contributed by atoms with van der Waals surface area (Å²) in [5, 5.41) is 25.2. The van der Waals surface area contributed by atoms with Crippen LogP contribution in [0.2, 0.25) is 0 Å². The molecule has 5 aliphatic rings. The molecule has 1 unspecified atom stereocenters.